The van der Waals surface area contributed by atoms with Gasteiger partial charge >= 0.3 is 0 Å². The third kappa shape index (κ3) is 4.00. The van der Waals surface area contributed by atoms with E-state index in [9.17, 15) is 4.79 Å². The average Bonchev–Trinajstić information content (AvgIpc) is 2.59. The molecule has 0 saturated heterocycles. The molecule has 2 aromatic carbocycles. The van der Waals surface area contributed by atoms with Crippen LogP contribution in [0.15, 0.2) is 71.5 Å². The molecule has 0 radical (unpaired) electrons. The van der Waals surface area contributed by atoms with E-state index < -0.39 is 0 Å². The Kier molecular flexibility index (Phi) is 4.91. The molecular formula is C19H16BrN3O. The summed E-state index contributed by atoms with van der Waals surface area (Å²) in [6, 6.07) is 17.2. The van der Waals surface area contributed by atoms with Gasteiger partial charge in [-0.3, -0.25) is 9.78 Å². The van der Waals surface area contributed by atoms with Gasteiger partial charge in [0.2, 0.25) is 0 Å². The summed E-state index contributed by atoms with van der Waals surface area (Å²) in [6.45, 7) is 2.03. The van der Waals surface area contributed by atoms with Gasteiger partial charge in [0.25, 0.3) is 5.91 Å². The lowest BCUT2D eigenvalue weighted by Gasteiger charge is -2.10. The second kappa shape index (κ2) is 7.27. The van der Waals surface area contributed by atoms with E-state index >= 15 is 0 Å². The van der Waals surface area contributed by atoms with E-state index in [-0.39, 0.29) is 5.91 Å². The molecule has 0 spiro atoms. The molecule has 0 aliphatic heterocycles. The first-order chi connectivity index (χ1) is 11.6. The monoisotopic (exact) mass is 381 g/mol. The molecule has 0 atom stereocenters. The zero-order valence-electron chi connectivity index (χ0n) is 13.1. The van der Waals surface area contributed by atoms with Gasteiger partial charge in [-0.1, -0.05) is 24.3 Å². The van der Waals surface area contributed by atoms with Crippen molar-refractivity contribution in [1.82, 2.24) is 4.98 Å². The van der Waals surface area contributed by atoms with Crippen molar-refractivity contribution in [2.45, 2.75) is 6.92 Å². The van der Waals surface area contributed by atoms with E-state index in [2.05, 4.69) is 31.5 Å². The summed E-state index contributed by atoms with van der Waals surface area (Å²) < 4.78 is 0.960. The highest BCUT2D eigenvalue weighted by atomic mass is 79.9. The molecule has 5 heteroatoms. The maximum atomic E-state index is 12.3. The summed E-state index contributed by atoms with van der Waals surface area (Å²) in [6.07, 6.45) is 3.24. The Balaban J connectivity index is 1.77. The molecule has 0 unspecified atom stereocenters. The Bertz CT molecular complexity index is 865. The summed E-state index contributed by atoms with van der Waals surface area (Å²) in [7, 11) is 0. The van der Waals surface area contributed by atoms with Crippen LogP contribution in [0.4, 0.5) is 17.1 Å². The van der Waals surface area contributed by atoms with Crippen molar-refractivity contribution in [3.63, 3.8) is 0 Å². The summed E-state index contributed by atoms with van der Waals surface area (Å²) in [5, 5.41) is 6.12. The molecule has 1 aromatic heterocycles. The number of carbonyl (C=O) groups is 1. The van der Waals surface area contributed by atoms with Gasteiger partial charge in [-0.05, 0) is 58.7 Å². The number of pyridine rings is 1. The fraction of sp³-hybridized carbons (Fsp3) is 0.0526. The number of nitrogens with one attached hydrogen (secondary N) is 2. The van der Waals surface area contributed by atoms with E-state index in [4.69, 9.17) is 0 Å². The molecule has 2 N–H and O–H groups in total. The van der Waals surface area contributed by atoms with Crippen molar-refractivity contribution in [3.05, 3.63) is 82.6 Å². The quantitative estimate of drug-likeness (QED) is 0.656. The van der Waals surface area contributed by atoms with Crippen LogP contribution in [0.5, 0.6) is 0 Å². The number of hydrogen-bond acceptors (Lipinski definition) is 3. The lowest BCUT2D eigenvalue weighted by atomic mass is 10.2. The lowest BCUT2D eigenvalue weighted by molar-refractivity contribution is 0.102. The molecule has 0 saturated carbocycles. The molecule has 0 aliphatic rings. The molecule has 120 valence electrons. The number of nitrogens with zero attached hydrogens (tertiary/aromatic N) is 1. The van der Waals surface area contributed by atoms with Crippen molar-refractivity contribution in [1.29, 1.82) is 0 Å². The number of benzene rings is 2. The predicted molar refractivity (Wildman–Crippen MR) is 101 cm³/mol. The largest absolute Gasteiger partial charge is 0.353 e. The normalized spacial score (nSPS) is 10.2. The second-order valence-electron chi connectivity index (χ2n) is 5.39. The summed E-state index contributed by atoms with van der Waals surface area (Å²) >= 11 is 3.53. The zero-order chi connectivity index (χ0) is 16.9. The number of aryl methyl sites for hydroxylation is 1. The highest BCUT2D eigenvalue weighted by Crippen LogP contribution is 2.26. The number of amides is 1. The van der Waals surface area contributed by atoms with Crippen LogP contribution < -0.4 is 10.6 Å². The molecule has 1 heterocycles. The summed E-state index contributed by atoms with van der Waals surface area (Å²) in [4.78, 5) is 16.5. The van der Waals surface area contributed by atoms with Crippen LogP contribution in [-0.4, -0.2) is 10.9 Å². The molecule has 24 heavy (non-hydrogen) atoms. The van der Waals surface area contributed by atoms with Crippen LogP contribution in [-0.2, 0) is 0 Å². The standard InChI is InChI=1S/C19H16BrN3O/c1-13-7-8-18(17(20)9-13)22-16-10-14(11-21-12-16)19(24)23-15-5-3-2-4-6-15/h2-12,22H,1H3,(H,23,24). The first kappa shape index (κ1) is 16.2. The summed E-state index contributed by atoms with van der Waals surface area (Å²) in [5.74, 6) is -0.194. The van der Waals surface area contributed by atoms with Gasteiger partial charge in [0, 0.05) is 16.4 Å². The molecule has 3 aromatic rings. The molecule has 4 nitrogen and oxygen atoms in total. The van der Waals surface area contributed by atoms with E-state index in [1.165, 1.54) is 5.56 Å². The minimum atomic E-state index is -0.194. The van der Waals surface area contributed by atoms with Gasteiger partial charge in [0.1, 0.15) is 0 Å². The van der Waals surface area contributed by atoms with Crippen molar-refractivity contribution < 1.29 is 4.79 Å². The molecule has 0 fully saturated rings. The highest BCUT2D eigenvalue weighted by Gasteiger charge is 2.08. The van der Waals surface area contributed by atoms with Crippen LogP contribution in [0.2, 0.25) is 0 Å². The molecule has 0 aliphatic carbocycles. The fourth-order valence-corrected chi connectivity index (χ4v) is 2.83. The molecule has 3 rings (SSSR count). The maximum absolute atomic E-state index is 12.3. The number of anilines is 3. The smallest absolute Gasteiger partial charge is 0.257 e. The first-order valence-corrected chi connectivity index (χ1v) is 8.26. The van der Waals surface area contributed by atoms with Gasteiger partial charge < -0.3 is 10.6 Å². The second-order valence-corrected chi connectivity index (χ2v) is 6.25. The number of para-hydroxylation sites is 1. The van der Waals surface area contributed by atoms with Crippen LogP contribution in [0, 0.1) is 6.92 Å². The predicted octanol–water partition coefficient (Wildman–Crippen LogP) is 5.15. The molecular weight excluding hydrogens is 366 g/mol. The van der Waals surface area contributed by atoms with Gasteiger partial charge in [0.15, 0.2) is 0 Å². The Morgan fingerprint density at radius 3 is 2.54 bits per heavy atom. The Morgan fingerprint density at radius 1 is 1.00 bits per heavy atom. The van der Waals surface area contributed by atoms with E-state index in [1.54, 1.807) is 18.5 Å². The van der Waals surface area contributed by atoms with Crippen LogP contribution in [0.1, 0.15) is 15.9 Å². The number of halogens is 1. The van der Waals surface area contributed by atoms with Crippen LogP contribution in [0.3, 0.4) is 0 Å². The third-order valence-electron chi connectivity index (χ3n) is 3.44. The Labute approximate surface area is 149 Å². The van der Waals surface area contributed by atoms with Gasteiger partial charge in [-0.2, -0.15) is 0 Å². The van der Waals surface area contributed by atoms with Gasteiger partial charge in [0.05, 0.1) is 23.1 Å². The first-order valence-electron chi connectivity index (χ1n) is 7.46. The minimum absolute atomic E-state index is 0.194. The SMILES string of the molecule is Cc1ccc(Nc2cncc(C(=O)Nc3ccccc3)c2)c(Br)c1. The van der Waals surface area contributed by atoms with Crippen molar-refractivity contribution in [2.75, 3.05) is 10.6 Å². The van der Waals surface area contributed by atoms with Gasteiger partial charge in [-0.25, -0.2) is 0 Å². The van der Waals surface area contributed by atoms with E-state index in [0.29, 0.717) is 5.56 Å². The zero-order valence-corrected chi connectivity index (χ0v) is 14.7. The highest BCUT2D eigenvalue weighted by molar-refractivity contribution is 9.10. The van der Waals surface area contributed by atoms with Crippen molar-refractivity contribution in [3.8, 4) is 0 Å². The average molecular weight is 382 g/mol. The van der Waals surface area contributed by atoms with Crippen molar-refractivity contribution in [2.24, 2.45) is 0 Å². The van der Waals surface area contributed by atoms with Crippen LogP contribution in [0.25, 0.3) is 0 Å². The maximum Gasteiger partial charge on any atom is 0.257 e. The Morgan fingerprint density at radius 2 is 1.79 bits per heavy atom. The Hall–Kier alpha value is -2.66. The topological polar surface area (TPSA) is 54.0 Å². The molecule has 0 bridgehead atoms. The lowest BCUT2D eigenvalue weighted by Crippen LogP contribution is -2.12. The third-order valence-corrected chi connectivity index (χ3v) is 4.09. The number of rotatable bonds is 4. The number of aromatic nitrogens is 1. The van der Waals surface area contributed by atoms with E-state index in [0.717, 1.165) is 21.5 Å². The number of carbonyl (C=O) groups excluding carboxylic acids is 1. The molecule has 1 amide bonds. The minimum Gasteiger partial charge on any atom is -0.353 e. The fourth-order valence-electron chi connectivity index (χ4n) is 2.23. The van der Waals surface area contributed by atoms with Crippen molar-refractivity contribution >= 4 is 38.9 Å². The van der Waals surface area contributed by atoms with Gasteiger partial charge in [-0.15, -0.1) is 0 Å². The summed E-state index contributed by atoms with van der Waals surface area (Å²) in [5.41, 5.74) is 4.08. The number of hydrogen-bond donors (Lipinski definition) is 2. The van der Waals surface area contributed by atoms with Crippen LogP contribution >= 0.6 is 15.9 Å². The van der Waals surface area contributed by atoms with E-state index in [1.807, 2.05) is 55.5 Å².